The number of nitrogens with zero attached hydrogens (tertiary/aromatic N) is 1. The molecule has 0 spiro atoms. The number of rotatable bonds is 7. The maximum absolute atomic E-state index is 12.8. The van der Waals surface area contributed by atoms with E-state index in [1.165, 1.54) is 31.4 Å². The highest BCUT2D eigenvalue weighted by Crippen LogP contribution is 2.27. The summed E-state index contributed by atoms with van der Waals surface area (Å²) in [4.78, 5) is 24.4. The van der Waals surface area contributed by atoms with Crippen LogP contribution in [0.2, 0.25) is 0 Å². The fourth-order valence-corrected chi connectivity index (χ4v) is 3.92. The van der Waals surface area contributed by atoms with Gasteiger partial charge in [0.15, 0.2) is 0 Å². The van der Waals surface area contributed by atoms with Crippen LogP contribution in [-0.2, 0) is 19.6 Å². The van der Waals surface area contributed by atoms with Gasteiger partial charge in [-0.2, -0.15) is 0 Å². The van der Waals surface area contributed by atoms with Crippen molar-refractivity contribution >= 4 is 33.3 Å². The minimum Gasteiger partial charge on any atom is -0.465 e. The summed E-state index contributed by atoms with van der Waals surface area (Å²) in [7, 11) is -2.49. The number of hydrogen-bond acceptors (Lipinski definition) is 5. The molecule has 0 aliphatic heterocycles. The van der Waals surface area contributed by atoms with Crippen LogP contribution in [0.15, 0.2) is 78.9 Å². The van der Waals surface area contributed by atoms with E-state index in [0.29, 0.717) is 5.69 Å². The number of methoxy groups -OCH3 is 1. The highest BCUT2D eigenvalue weighted by atomic mass is 32.2. The van der Waals surface area contributed by atoms with Crippen molar-refractivity contribution in [1.29, 1.82) is 0 Å². The number of nitrogens with one attached hydrogen (secondary N) is 1. The summed E-state index contributed by atoms with van der Waals surface area (Å²) in [6.45, 7) is -0.417. The van der Waals surface area contributed by atoms with Gasteiger partial charge in [0.05, 0.1) is 24.6 Å². The molecule has 0 bridgehead atoms. The number of anilines is 2. The van der Waals surface area contributed by atoms with Crippen LogP contribution in [0.5, 0.6) is 0 Å². The van der Waals surface area contributed by atoms with Crippen molar-refractivity contribution in [2.75, 3.05) is 29.5 Å². The maximum atomic E-state index is 12.8. The lowest BCUT2D eigenvalue weighted by molar-refractivity contribution is -0.114. The fourth-order valence-electron chi connectivity index (χ4n) is 3.06. The number of sulfonamides is 1. The molecule has 0 saturated heterocycles. The first-order chi connectivity index (χ1) is 14.8. The summed E-state index contributed by atoms with van der Waals surface area (Å²) in [6.07, 6.45) is 1.02. The molecule has 0 aliphatic carbocycles. The van der Waals surface area contributed by atoms with Gasteiger partial charge in [-0.25, -0.2) is 13.2 Å². The molecule has 1 N–H and O–H groups in total. The maximum Gasteiger partial charge on any atom is 0.337 e. The molecule has 0 saturated carbocycles. The predicted octanol–water partition coefficient (Wildman–Crippen LogP) is 3.54. The Balaban J connectivity index is 1.83. The van der Waals surface area contributed by atoms with Crippen molar-refractivity contribution < 1.29 is 22.7 Å². The molecule has 1 amide bonds. The molecular formula is C23H22N2O5S. The topological polar surface area (TPSA) is 92.8 Å². The fraction of sp³-hybridized carbons (Fsp3) is 0.130. The largest absolute Gasteiger partial charge is 0.465 e. The summed E-state index contributed by atoms with van der Waals surface area (Å²) in [6, 6.07) is 22.7. The van der Waals surface area contributed by atoms with Gasteiger partial charge in [0.2, 0.25) is 15.9 Å². The SMILES string of the molecule is COC(=O)c1ccc(N(CC(=O)Nc2ccccc2-c2ccccc2)S(C)(=O)=O)cc1. The predicted molar refractivity (Wildman–Crippen MR) is 120 cm³/mol. The second kappa shape index (κ2) is 9.44. The third kappa shape index (κ3) is 5.49. The highest BCUT2D eigenvalue weighted by Gasteiger charge is 2.22. The second-order valence-electron chi connectivity index (χ2n) is 6.77. The molecule has 3 aromatic rings. The molecule has 3 rings (SSSR count). The Labute approximate surface area is 181 Å². The van der Waals surface area contributed by atoms with Crippen LogP contribution in [0.25, 0.3) is 11.1 Å². The molecule has 0 heterocycles. The van der Waals surface area contributed by atoms with Gasteiger partial charge in [-0.15, -0.1) is 0 Å². The molecule has 0 atom stereocenters. The van der Waals surface area contributed by atoms with E-state index in [4.69, 9.17) is 0 Å². The Morgan fingerprint density at radius 3 is 2.13 bits per heavy atom. The number of carbonyl (C=O) groups is 2. The van der Waals surface area contributed by atoms with Gasteiger partial charge < -0.3 is 10.1 Å². The number of amides is 1. The van der Waals surface area contributed by atoms with Crippen molar-refractivity contribution in [3.05, 3.63) is 84.4 Å². The van der Waals surface area contributed by atoms with Gasteiger partial charge in [-0.05, 0) is 35.9 Å². The summed E-state index contributed by atoms with van der Waals surface area (Å²) in [5.41, 5.74) is 2.87. The van der Waals surface area contributed by atoms with Crippen LogP contribution in [0.3, 0.4) is 0 Å². The molecular weight excluding hydrogens is 416 g/mol. The standard InChI is InChI=1S/C23H22N2O5S/c1-30-23(27)18-12-14-19(15-13-18)25(31(2,28)29)16-22(26)24-21-11-7-6-10-20(21)17-8-4-3-5-9-17/h3-15H,16H2,1-2H3,(H,24,26). The first-order valence-corrected chi connectivity index (χ1v) is 11.2. The zero-order valence-electron chi connectivity index (χ0n) is 17.1. The van der Waals surface area contributed by atoms with E-state index in [0.717, 1.165) is 21.7 Å². The molecule has 0 radical (unpaired) electrons. The van der Waals surface area contributed by atoms with E-state index < -0.39 is 28.4 Å². The van der Waals surface area contributed by atoms with Gasteiger partial charge in [-0.3, -0.25) is 9.10 Å². The summed E-state index contributed by atoms with van der Waals surface area (Å²) >= 11 is 0. The van der Waals surface area contributed by atoms with E-state index in [2.05, 4.69) is 10.1 Å². The van der Waals surface area contributed by atoms with Gasteiger partial charge in [-0.1, -0.05) is 48.5 Å². The molecule has 3 aromatic carbocycles. The average molecular weight is 439 g/mol. The van der Waals surface area contributed by atoms with Gasteiger partial charge in [0.1, 0.15) is 6.54 Å². The van der Waals surface area contributed by atoms with Crippen LogP contribution in [0.4, 0.5) is 11.4 Å². The van der Waals surface area contributed by atoms with Crippen molar-refractivity contribution in [3.63, 3.8) is 0 Å². The number of ether oxygens (including phenoxy) is 1. The zero-order valence-corrected chi connectivity index (χ0v) is 17.9. The third-order valence-corrected chi connectivity index (χ3v) is 5.69. The van der Waals surface area contributed by atoms with E-state index in [9.17, 15) is 18.0 Å². The number of carbonyl (C=O) groups excluding carboxylic acids is 2. The first-order valence-electron chi connectivity index (χ1n) is 9.40. The van der Waals surface area contributed by atoms with Crippen LogP contribution >= 0.6 is 0 Å². The number of para-hydroxylation sites is 1. The van der Waals surface area contributed by atoms with Crippen LogP contribution in [-0.4, -0.2) is 40.2 Å². The Morgan fingerprint density at radius 2 is 1.52 bits per heavy atom. The van der Waals surface area contributed by atoms with E-state index in [-0.39, 0.29) is 11.3 Å². The minimum atomic E-state index is -3.75. The van der Waals surface area contributed by atoms with Crippen molar-refractivity contribution in [2.24, 2.45) is 0 Å². The Bertz CT molecular complexity index is 1180. The zero-order chi connectivity index (χ0) is 22.4. The van der Waals surface area contributed by atoms with Crippen molar-refractivity contribution in [1.82, 2.24) is 0 Å². The number of hydrogen-bond donors (Lipinski definition) is 1. The average Bonchev–Trinajstić information content (AvgIpc) is 2.77. The molecule has 0 aliphatic rings. The Kier molecular flexibility index (Phi) is 6.71. The van der Waals surface area contributed by atoms with Gasteiger partial charge in [0, 0.05) is 11.3 Å². The van der Waals surface area contributed by atoms with E-state index >= 15 is 0 Å². The van der Waals surface area contributed by atoms with Crippen LogP contribution in [0.1, 0.15) is 10.4 Å². The molecule has 7 nitrogen and oxygen atoms in total. The lowest BCUT2D eigenvalue weighted by Gasteiger charge is -2.22. The van der Waals surface area contributed by atoms with E-state index in [1.807, 2.05) is 42.5 Å². The normalized spacial score (nSPS) is 10.9. The highest BCUT2D eigenvalue weighted by molar-refractivity contribution is 7.92. The molecule has 0 aromatic heterocycles. The summed E-state index contributed by atoms with van der Waals surface area (Å²) in [5, 5.41) is 2.80. The minimum absolute atomic E-state index is 0.265. The molecule has 0 fully saturated rings. The lowest BCUT2D eigenvalue weighted by atomic mass is 10.0. The number of esters is 1. The lowest BCUT2D eigenvalue weighted by Crippen LogP contribution is -2.37. The van der Waals surface area contributed by atoms with Gasteiger partial charge >= 0.3 is 5.97 Å². The molecule has 0 unspecified atom stereocenters. The Hall–Kier alpha value is -3.65. The van der Waals surface area contributed by atoms with Crippen molar-refractivity contribution in [2.45, 2.75) is 0 Å². The van der Waals surface area contributed by atoms with Gasteiger partial charge in [0.25, 0.3) is 0 Å². The number of benzene rings is 3. The van der Waals surface area contributed by atoms with Crippen LogP contribution < -0.4 is 9.62 Å². The smallest absolute Gasteiger partial charge is 0.337 e. The quantitative estimate of drug-likeness (QED) is 0.570. The second-order valence-corrected chi connectivity index (χ2v) is 8.67. The first kappa shape index (κ1) is 22.0. The van der Waals surface area contributed by atoms with Crippen LogP contribution in [0, 0.1) is 0 Å². The summed E-state index contributed by atoms with van der Waals surface area (Å²) in [5.74, 6) is -1.03. The van der Waals surface area contributed by atoms with E-state index in [1.54, 1.807) is 12.1 Å². The van der Waals surface area contributed by atoms with Crippen molar-refractivity contribution in [3.8, 4) is 11.1 Å². The molecule has 31 heavy (non-hydrogen) atoms. The monoisotopic (exact) mass is 438 g/mol. The third-order valence-electron chi connectivity index (χ3n) is 4.55. The molecule has 160 valence electrons. The summed E-state index contributed by atoms with van der Waals surface area (Å²) < 4.78 is 30.3. The molecule has 8 heteroatoms. The Morgan fingerprint density at radius 1 is 0.903 bits per heavy atom.